The highest BCUT2D eigenvalue weighted by Gasteiger charge is 2.14. The number of rotatable bonds is 4. The molecule has 0 aliphatic rings. The quantitative estimate of drug-likeness (QED) is 0.766. The Bertz CT molecular complexity index is 937. The van der Waals surface area contributed by atoms with Gasteiger partial charge in [0.1, 0.15) is 12.1 Å². The van der Waals surface area contributed by atoms with Crippen LogP contribution >= 0.6 is 11.6 Å². The smallest absolute Gasteiger partial charge is 0.257 e. The van der Waals surface area contributed by atoms with Gasteiger partial charge in [-0.15, -0.1) is 0 Å². The van der Waals surface area contributed by atoms with Gasteiger partial charge in [0.15, 0.2) is 0 Å². The van der Waals surface area contributed by atoms with Gasteiger partial charge in [-0.2, -0.15) is 0 Å². The van der Waals surface area contributed by atoms with E-state index in [1.807, 2.05) is 0 Å². The van der Waals surface area contributed by atoms with Crippen LogP contribution in [0.15, 0.2) is 55.2 Å². The number of imidazole rings is 1. The molecule has 26 heavy (non-hydrogen) atoms. The van der Waals surface area contributed by atoms with Gasteiger partial charge in [-0.1, -0.05) is 11.6 Å². The molecule has 0 aliphatic heterocycles. The number of halogens is 1. The van der Waals surface area contributed by atoms with E-state index >= 15 is 0 Å². The minimum atomic E-state index is -0.333. The normalized spacial score (nSPS) is 10.4. The van der Waals surface area contributed by atoms with Crippen molar-refractivity contribution in [1.29, 1.82) is 0 Å². The number of amides is 2. The Morgan fingerprint density at radius 3 is 2.62 bits per heavy atom. The average molecular weight is 370 g/mol. The number of nitrogens with zero attached hydrogens (tertiary/aromatic N) is 4. The maximum absolute atomic E-state index is 12.4. The van der Waals surface area contributed by atoms with E-state index < -0.39 is 0 Å². The molecule has 0 aliphatic carbocycles. The first kappa shape index (κ1) is 17.6. The summed E-state index contributed by atoms with van der Waals surface area (Å²) in [6.45, 7) is 0. The number of carbonyl (C=O) groups excluding carboxylic acids is 2. The van der Waals surface area contributed by atoms with Crippen LogP contribution in [0.2, 0.25) is 5.02 Å². The monoisotopic (exact) mass is 369 g/mol. The summed E-state index contributed by atoms with van der Waals surface area (Å²) in [6, 6.07) is 8.16. The van der Waals surface area contributed by atoms with Crippen LogP contribution in [-0.4, -0.2) is 45.3 Å². The molecular formula is C18H16ClN5O2. The van der Waals surface area contributed by atoms with Crippen molar-refractivity contribution in [2.24, 2.45) is 0 Å². The fraction of sp³-hybridized carbons (Fsp3) is 0.111. The highest BCUT2D eigenvalue weighted by atomic mass is 35.5. The van der Waals surface area contributed by atoms with E-state index in [2.05, 4.69) is 15.3 Å². The van der Waals surface area contributed by atoms with Crippen molar-refractivity contribution < 1.29 is 9.59 Å². The minimum Gasteiger partial charge on any atom is -0.345 e. The van der Waals surface area contributed by atoms with E-state index in [0.717, 1.165) is 0 Å². The lowest BCUT2D eigenvalue weighted by atomic mass is 10.1. The molecule has 132 valence electrons. The topological polar surface area (TPSA) is 80.1 Å². The summed E-state index contributed by atoms with van der Waals surface area (Å²) in [6.07, 6.45) is 6.51. The third kappa shape index (κ3) is 3.73. The van der Waals surface area contributed by atoms with Crippen molar-refractivity contribution >= 4 is 29.1 Å². The molecule has 0 radical (unpaired) electrons. The van der Waals surface area contributed by atoms with E-state index in [-0.39, 0.29) is 11.8 Å². The Morgan fingerprint density at radius 1 is 1.19 bits per heavy atom. The average Bonchev–Trinajstić information content (AvgIpc) is 3.17. The fourth-order valence-electron chi connectivity index (χ4n) is 2.28. The summed E-state index contributed by atoms with van der Waals surface area (Å²) in [5.74, 6) is 0.0853. The second-order valence-corrected chi connectivity index (χ2v) is 6.13. The number of anilines is 1. The van der Waals surface area contributed by atoms with E-state index in [9.17, 15) is 9.59 Å². The van der Waals surface area contributed by atoms with Crippen molar-refractivity contribution in [2.45, 2.75) is 0 Å². The van der Waals surface area contributed by atoms with Gasteiger partial charge in [-0.25, -0.2) is 9.97 Å². The lowest BCUT2D eigenvalue weighted by molar-refractivity contribution is 0.0827. The molecule has 0 saturated heterocycles. The second-order valence-electron chi connectivity index (χ2n) is 5.72. The highest BCUT2D eigenvalue weighted by molar-refractivity contribution is 6.34. The summed E-state index contributed by atoms with van der Waals surface area (Å²) in [5.41, 5.74) is 1.19. The Balaban J connectivity index is 1.77. The highest BCUT2D eigenvalue weighted by Crippen LogP contribution is 2.22. The summed E-state index contributed by atoms with van der Waals surface area (Å²) >= 11 is 6.08. The van der Waals surface area contributed by atoms with Crippen LogP contribution in [-0.2, 0) is 0 Å². The molecule has 7 nitrogen and oxygen atoms in total. The van der Waals surface area contributed by atoms with E-state index in [1.165, 1.54) is 11.1 Å². The summed E-state index contributed by atoms with van der Waals surface area (Å²) in [5, 5.41) is 3.07. The van der Waals surface area contributed by atoms with Gasteiger partial charge < -0.3 is 10.2 Å². The molecule has 0 bridgehead atoms. The standard InChI is InChI=1S/C18H16ClN5O2/c1-23(2)18(26)14-9-13(4-5-15(14)19)22-17(25)12-3-6-16(21-10-12)24-8-7-20-11-24/h3-11H,1-2H3,(H,22,25). The van der Waals surface area contributed by atoms with E-state index in [1.54, 1.807) is 67.7 Å². The van der Waals surface area contributed by atoms with Gasteiger partial charge in [0.05, 0.1) is 16.1 Å². The largest absolute Gasteiger partial charge is 0.345 e. The second kappa shape index (κ2) is 7.37. The van der Waals surface area contributed by atoms with Gasteiger partial charge in [-0.05, 0) is 30.3 Å². The minimum absolute atomic E-state index is 0.238. The molecule has 0 saturated carbocycles. The number of pyridine rings is 1. The van der Waals surface area contributed by atoms with Crippen molar-refractivity contribution in [2.75, 3.05) is 19.4 Å². The van der Waals surface area contributed by atoms with Crippen LogP contribution in [0.3, 0.4) is 0 Å². The maximum Gasteiger partial charge on any atom is 0.257 e. The van der Waals surface area contributed by atoms with Crippen LogP contribution in [0, 0.1) is 0 Å². The molecule has 8 heteroatoms. The summed E-state index contributed by atoms with van der Waals surface area (Å²) in [7, 11) is 3.27. The number of hydrogen-bond acceptors (Lipinski definition) is 4. The molecule has 0 spiro atoms. The predicted octanol–water partition coefficient (Wildman–Crippen LogP) is 2.87. The van der Waals surface area contributed by atoms with Crippen molar-refractivity contribution in [1.82, 2.24) is 19.4 Å². The lowest BCUT2D eigenvalue weighted by Crippen LogP contribution is -2.22. The van der Waals surface area contributed by atoms with Gasteiger partial charge in [0, 0.05) is 38.4 Å². The van der Waals surface area contributed by atoms with Crippen molar-refractivity contribution in [3.8, 4) is 5.82 Å². The number of benzene rings is 1. The van der Waals surface area contributed by atoms with Gasteiger partial charge in [-0.3, -0.25) is 14.2 Å². The molecule has 2 heterocycles. The van der Waals surface area contributed by atoms with Crippen LogP contribution in [0.5, 0.6) is 0 Å². The number of nitrogens with one attached hydrogen (secondary N) is 1. The Hall–Kier alpha value is -3.19. The van der Waals surface area contributed by atoms with Gasteiger partial charge >= 0.3 is 0 Å². The van der Waals surface area contributed by atoms with E-state index in [0.29, 0.717) is 27.7 Å². The Morgan fingerprint density at radius 2 is 2.00 bits per heavy atom. The number of carbonyl (C=O) groups is 2. The predicted molar refractivity (Wildman–Crippen MR) is 98.8 cm³/mol. The zero-order valence-corrected chi connectivity index (χ0v) is 14.9. The zero-order chi connectivity index (χ0) is 18.7. The lowest BCUT2D eigenvalue weighted by Gasteiger charge is -2.13. The molecule has 3 rings (SSSR count). The molecule has 1 N–H and O–H groups in total. The molecule has 3 aromatic rings. The van der Waals surface area contributed by atoms with Crippen LogP contribution in [0.1, 0.15) is 20.7 Å². The molecule has 0 unspecified atom stereocenters. The van der Waals surface area contributed by atoms with E-state index in [4.69, 9.17) is 11.6 Å². The third-order valence-corrected chi connectivity index (χ3v) is 3.97. The SMILES string of the molecule is CN(C)C(=O)c1cc(NC(=O)c2ccc(-n3ccnc3)nc2)ccc1Cl. The molecular weight excluding hydrogens is 354 g/mol. The van der Waals surface area contributed by atoms with Gasteiger partial charge in [0.25, 0.3) is 11.8 Å². The fourth-order valence-corrected chi connectivity index (χ4v) is 2.48. The zero-order valence-electron chi connectivity index (χ0n) is 14.2. The molecule has 0 atom stereocenters. The maximum atomic E-state index is 12.4. The van der Waals surface area contributed by atoms with Crippen molar-refractivity contribution in [3.63, 3.8) is 0 Å². The Kier molecular flexibility index (Phi) is 4.99. The summed E-state index contributed by atoms with van der Waals surface area (Å²) in [4.78, 5) is 34.2. The first-order chi connectivity index (χ1) is 12.5. The molecule has 2 amide bonds. The van der Waals surface area contributed by atoms with Crippen molar-refractivity contribution in [3.05, 3.63) is 71.4 Å². The first-order valence-electron chi connectivity index (χ1n) is 7.72. The summed E-state index contributed by atoms with van der Waals surface area (Å²) < 4.78 is 1.74. The molecule has 2 aromatic heterocycles. The number of hydrogen-bond donors (Lipinski definition) is 1. The van der Waals surface area contributed by atoms with Gasteiger partial charge in [0.2, 0.25) is 0 Å². The molecule has 0 fully saturated rings. The van der Waals surface area contributed by atoms with Crippen LogP contribution < -0.4 is 5.32 Å². The third-order valence-electron chi connectivity index (χ3n) is 3.64. The molecule has 1 aromatic carbocycles. The van der Waals surface area contributed by atoms with Crippen LogP contribution in [0.4, 0.5) is 5.69 Å². The first-order valence-corrected chi connectivity index (χ1v) is 8.10. The van der Waals surface area contributed by atoms with Crippen LogP contribution in [0.25, 0.3) is 5.82 Å². The number of aromatic nitrogens is 3. The Labute approximate surface area is 155 Å².